The van der Waals surface area contributed by atoms with Gasteiger partial charge in [0.05, 0.1) is 0 Å². The summed E-state index contributed by atoms with van der Waals surface area (Å²) in [6.45, 7) is 2.19. The van der Waals surface area contributed by atoms with Crippen molar-refractivity contribution in [1.82, 2.24) is 9.97 Å². The molecular formula is C13H14ClN3O. The highest BCUT2D eigenvalue weighted by atomic mass is 35.5. The van der Waals surface area contributed by atoms with E-state index in [1.165, 1.54) is 0 Å². The van der Waals surface area contributed by atoms with Crippen LogP contribution in [0.5, 0.6) is 5.75 Å². The Morgan fingerprint density at radius 3 is 2.72 bits per heavy atom. The molecule has 1 heterocycles. The summed E-state index contributed by atoms with van der Waals surface area (Å²) >= 11 is 5.94. The van der Waals surface area contributed by atoms with Crippen LogP contribution in [0, 0.1) is 0 Å². The number of benzene rings is 1. The highest BCUT2D eigenvalue weighted by molar-refractivity contribution is 6.30. The summed E-state index contributed by atoms with van der Waals surface area (Å²) in [5.41, 5.74) is 6.76. The Labute approximate surface area is 111 Å². The zero-order valence-corrected chi connectivity index (χ0v) is 10.8. The van der Waals surface area contributed by atoms with Gasteiger partial charge in [0.25, 0.3) is 0 Å². The summed E-state index contributed by atoms with van der Waals surface area (Å²) in [5, 5.41) is 0.644. The Hall–Kier alpha value is -1.65. The van der Waals surface area contributed by atoms with Crippen molar-refractivity contribution in [3.8, 4) is 5.75 Å². The maximum atomic E-state index is 5.94. The van der Waals surface area contributed by atoms with Crippen molar-refractivity contribution in [3.05, 3.63) is 53.1 Å². The van der Waals surface area contributed by atoms with E-state index < -0.39 is 0 Å². The average molecular weight is 264 g/mol. The van der Waals surface area contributed by atoms with Crippen molar-refractivity contribution in [2.75, 3.05) is 0 Å². The molecule has 0 saturated heterocycles. The third-order valence-electron chi connectivity index (χ3n) is 2.44. The molecule has 4 nitrogen and oxygen atoms in total. The quantitative estimate of drug-likeness (QED) is 0.921. The number of ether oxygens (including phenoxy) is 1. The Bertz CT molecular complexity index is 517. The third kappa shape index (κ3) is 3.18. The Kier molecular flexibility index (Phi) is 4.12. The van der Waals surface area contributed by atoms with Gasteiger partial charge in [-0.15, -0.1) is 0 Å². The molecule has 1 aromatic carbocycles. The van der Waals surface area contributed by atoms with E-state index in [9.17, 15) is 0 Å². The first kappa shape index (κ1) is 12.8. The standard InChI is InChI=1S/C13H14ClN3O/c1-9(15)11-7-10(14)3-4-12(11)18-8-13-16-5-2-6-17-13/h2-7,9H,8,15H2,1H3/t9-/m0/s1. The number of hydrogen-bond donors (Lipinski definition) is 1. The Balaban J connectivity index is 2.14. The molecule has 2 N–H and O–H groups in total. The van der Waals surface area contributed by atoms with Gasteiger partial charge in [0.1, 0.15) is 12.4 Å². The highest BCUT2D eigenvalue weighted by Gasteiger charge is 2.09. The first-order chi connectivity index (χ1) is 8.66. The molecule has 1 atom stereocenters. The lowest BCUT2D eigenvalue weighted by atomic mass is 10.1. The van der Waals surface area contributed by atoms with Gasteiger partial charge in [-0.05, 0) is 31.2 Å². The van der Waals surface area contributed by atoms with Gasteiger partial charge < -0.3 is 10.5 Å². The number of nitrogens with zero attached hydrogens (tertiary/aromatic N) is 2. The van der Waals surface area contributed by atoms with Gasteiger partial charge in [-0.25, -0.2) is 9.97 Å². The predicted octanol–water partition coefficient (Wildman–Crippen LogP) is 2.73. The fourth-order valence-corrected chi connectivity index (χ4v) is 1.73. The average Bonchev–Trinajstić information content (AvgIpc) is 2.38. The van der Waals surface area contributed by atoms with E-state index in [0.29, 0.717) is 23.2 Å². The van der Waals surface area contributed by atoms with Crippen LogP contribution in [0.4, 0.5) is 0 Å². The lowest BCUT2D eigenvalue weighted by molar-refractivity contribution is 0.291. The maximum absolute atomic E-state index is 5.94. The normalized spacial score (nSPS) is 12.2. The number of nitrogens with two attached hydrogens (primary N) is 1. The maximum Gasteiger partial charge on any atom is 0.166 e. The van der Waals surface area contributed by atoms with Gasteiger partial charge in [-0.3, -0.25) is 0 Å². The number of rotatable bonds is 4. The summed E-state index contributed by atoms with van der Waals surface area (Å²) in [7, 11) is 0. The van der Waals surface area contributed by atoms with E-state index in [0.717, 1.165) is 5.56 Å². The molecule has 0 unspecified atom stereocenters. The van der Waals surface area contributed by atoms with Crippen LogP contribution >= 0.6 is 11.6 Å². The summed E-state index contributed by atoms with van der Waals surface area (Å²) in [6, 6.07) is 7.01. The minimum absolute atomic E-state index is 0.143. The lowest BCUT2D eigenvalue weighted by Gasteiger charge is -2.13. The molecule has 0 fully saturated rings. The largest absolute Gasteiger partial charge is 0.485 e. The molecule has 0 aliphatic carbocycles. The van der Waals surface area contributed by atoms with Crippen LogP contribution in [0.3, 0.4) is 0 Å². The molecule has 5 heteroatoms. The second-order valence-corrected chi connectivity index (χ2v) is 4.36. The van der Waals surface area contributed by atoms with Gasteiger partial charge in [-0.1, -0.05) is 11.6 Å². The number of aromatic nitrogens is 2. The first-order valence-electron chi connectivity index (χ1n) is 5.60. The van der Waals surface area contributed by atoms with E-state index in [4.69, 9.17) is 22.1 Å². The van der Waals surface area contributed by atoms with Crippen molar-refractivity contribution in [2.24, 2.45) is 5.73 Å². The lowest BCUT2D eigenvalue weighted by Crippen LogP contribution is -2.09. The van der Waals surface area contributed by atoms with Crippen molar-refractivity contribution >= 4 is 11.6 Å². The van der Waals surface area contributed by atoms with Crippen LogP contribution in [0.25, 0.3) is 0 Å². The fraction of sp³-hybridized carbons (Fsp3) is 0.231. The monoisotopic (exact) mass is 263 g/mol. The number of hydrogen-bond acceptors (Lipinski definition) is 4. The van der Waals surface area contributed by atoms with Crippen LogP contribution in [0.1, 0.15) is 24.4 Å². The Morgan fingerprint density at radius 1 is 1.33 bits per heavy atom. The van der Waals surface area contributed by atoms with E-state index in [2.05, 4.69) is 9.97 Å². The summed E-state index contributed by atoms with van der Waals surface area (Å²) in [4.78, 5) is 8.18. The minimum Gasteiger partial charge on any atom is -0.485 e. The van der Waals surface area contributed by atoms with Crippen molar-refractivity contribution in [2.45, 2.75) is 19.6 Å². The van der Waals surface area contributed by atoms with Gasteiger partial charge in [-0.2, -0.15) is 0 Å². The van der Waals surface area contributed by atoms with Gasteiger partial charge in [0.2, 0.25) is 0 Å². The molecule has 0 bridgehead atoms. The third-order valence-corrected chi connectivity index (χ3v) is 2.67. The molecule has 0 spiro atoms. The van der Waals surface area contributed by atoms with Crippen LogP contribution < -0.4 is 10.5 Å². The van der Waals surface area contributed by atoms with E-state index in [1.54, 1.807) is 24.5 Å². The molecule has 2 rings (SSSR count). The molecule has 0 amide bonds. The highest BCUT2D eigenvalue weighted by Crippen LogP contribution is 2.27. The van der Waals surface area contributed by atoms with Crippen molar-refractivity contribution in [1.29, 1.82) is 0 Å². The van der Waals surface area contributed by atoms with Crippen molar-refractivity contribution in [3.63, 3.8) is 0 Å². The van der Waals surface area contributed by atoms with Crippen LogP contribution in [-0.2, 0) is 6.61 Å². The van der Waals surface area contributed by atoms with Crippen LogP contribution in [-0.4, -0.2) is 9.97 Å². The van der Waals surface area contributed by atoms with Gasteiger partial charge in [0, 0.05) is 29.0 Å². The molecular weight excluding hydrogens is 250 g/mol. The van der Waals surface area contributed by atoms with Gasteiger partial charge >= 0.3 is 0 Å². The topological polar surface area (TPSA) is 61.0 Å². The summed E-state index contributed by atoms with van der Waals surface area (Å²) in [6.07, 6.45) is 3.36. The summed E-state index contributed by atoms with van der Waals surface area (Å²) < 4.78 is 5.68. The van der Waals surface area contributed by atoms with Crippen LogP contribution in [0.15, 0.2) is 36.7 Å². The second-order valence-electron chi connectivity index (χ2n) is 3.92. The van der Waals surface area contributed by atoms with E-state index in [1.807, 2.05) is 19.1 Å². The zero-order valence-electron chi connectivity index (χ0n) is 10.0. The SMILES string of the molecule is C[C@H](N)c1cc(Cl)ccc1OCc1ncccn1. The second kappa shape index (κ2) is 5.80. The van der Waals surface area contributed by atoms with E-state index in [-0.39, 0.29) is 6.04 Å². The zero-order chi connectivity index (χ0) is 13.0. The van der Waals surface area contributed by atoms with Crippen molar-refractivity contribution < 1.29 is 4.74 Å². The molecule has 2 aromatic rings. The van der Waals surface area contributed by atoms with Gasteiger partial charge in [0.15, 0.2) is 5.82 Å². The fourth-order valence-electron chi connectivity index (χ4n) is 1.55. The molecule has 1 aromatic heterocycles. The Morgan fingerprint density at radius 2 is 2.06 bits per heavy atom. The van der Waals surface area contributed by atoms with Crippen LogP contribution in [0.2, 0.25) is 5.02 Å². The molecule has 18 heavy (non-hydrogen) atoms. The smallest absolute Gasteiger partial charge is 0.166 e. The number of halogens is 1. The predicted molar refractivity (Wildman–Crippen MR) is 70.4 cm³/mol. The molecule has 0 saturated carbocycles. The summed E-state index contributed by atoms with van der Waals surface area (Å²) in [5.74, 6) is 1.34. The van der Waals surface area contributed by atoms with E-state index >= 15 is 0 Å². The first-order valence-corrected chi connectivity index (χ1v) is 5.98. The molecule has 0 aliphatic rings. The molecule has 94 valence electrons. The minimum atomic E-state index is -0.143. The molecule has 0 aliphatic heterocycles. The molecule has 0 radical (unpaired) electrons.